The van der Waals surface area contributed by atoms with Crippen LogP contribution >= 0.6 is 0 Å². The summed E-state index contributed by atoms with van der Waals surface area (Å²) in [5.74, 6) is 0.0392. The molecule has 1 aliphatic carbocycles. The van der Waals surface area contributed by atoms with Crippen molar-refractivity contribution in [2.45, 2.75) is 58.7 Å². The van der Waals surface area contributed by atoms with Crippen LogP contribution in [0.4, 0.5) is 4.79 Å². The van der Waals surface area contributed by atoms with Crippen molar-refractivity contribution < 1.29 is 19.4 Å². The third-order valence-electron chi connectivity index (χ3n) is 4.94. The molecule has 0 heterocycles. The number of nitrogens with one attached hydrogen (secondary N) is 2. The Bertz CT molecular complexity index is 644. The van der Waals surface area contributed by atoms with Crippen molar-refractivity contribution in [1.29, 1.82) is 0 Å². The number of aliphatic carboxylic acids is 1. The van der Waals surface area contributed by atoms with Crippen LogP contribution in [0.5, 0.6) is 5.75 Å². The lowest BCUT2D eigenvalue weighted by Gasteiger charge is -2.42. The van der Waals surface area contributed by atoms with Crippen molar-refractivity contribution in [3.05, 3.63) is 29.3 Å². The van der Waals surface area contributed by atoms with Crippen molar-refractivity contribution in [3.8, 4) is 5.75 Å². The normalized spacial score (nSPS) is 18.7. The van der Waals surface area contributed by atoms with E-state index in [1.165, 1.54) is 0 Å². The summed E-state index contributed by atoms with van der Waals surface area (Å²) in [6.07, 6.45) is 2.55. The van der Waals surface area contributed by atoms with Gasteiger partial charge in [-0.05, 0) is 56.0 Å². The number of ether oxygens (including phenoxy) is 1. The molecule has 0 radical (unpaired) electrons. The van der Waals surface area contributed by atoms with Crippen LogP contribution in [0, 0.1) is 6.92 Å². The summed E-state index contributed by atoms with van der Waals surface area (Å²) in [5.41, 5.74) is 2.14. The zero-order valence-corrected chi connectivity index (χ0v) is 16.5. The molecule has 150 valence electrons. The van der Waals surface area contributed by atoms with Gasteiger partial charge in [0.25, 0.3) is 0 Å². The Labute approximate surface area is 161 Å². The van der Waals surface area contributed by atoms with E-state index in [0.717, 1.165) is 36.1 Å². The highest BCUT2D eigenvalue weighted by atomic mass is 16.5. The summed E-state index contributed by atoms with van der Waals surface area (Å²) in [6, 6.07) is 6.03. The maximum atomic E-state index is 12.1. The van der Waals surface area contributed by atoms with Crippen LogP contribution in [0.15, 0.2) is 18.2 Å². The summed E-state index contributed by atoms with van der Waals surface area (Å²) in [5, 5.41) is 14.8. The molecule has 27 heavy (non-hydrogen) atoms. The first-order valence-electron chi connectivity index (χ1n) is 9.65. The SMILES string of the molecule is CCCOc1ccc(CNC(=O)NC2CC(N(CC)CC(=O)O)C2)c(C)c1. The van der Waals surface area contributed by atoms with E-state index < -0.39 is 5.97 Å². The van der Waals surface area contributed by atoms with Crippen molar-refractivity contribution in [3.63, 3.8) is 0 Å². The van der Waals surface area contributed by atoms with Crippen molar-refractivity contribution in [2.24, 2.45) is 0 Å². The number of amides is 2. The molecule has 0 aliphatic heterocycles. The topological polar surface area (TPSA) is 90.9 Å². The lowest BCUT2D eigenvalue weighted by atomic mass is 9.85. The second-order valence-electron chi connectivity index (χ2n) is 7.04. The van der Waals surface area contributed by atoms with E-state index in [-0.39, 0.29) is 24.7 Å². The standard InChI is InChI=1S/C20H31N3O4/c1-4-8-27-18-7-6-15(14(3)9-18)12-21-20(26)22-16-10-17(11-16)23(5-2)13-19(24)25/h6-7,9,16-17H,4-5,8,10-13H2,1-3H3,(H,24,25)(H2,21,22,26). The molecule has 1 fully saturated rings. The van der Waals surface area contributed by atoms with Gasteiger partial charge in [0.05, 0.1) is 13.2 Å². The number of carboxylic acid groups (broad SMARTS) is 1. The van der Waals surface area contributed by atoms with E-state index >= 15 is 0 Å². The lowest BCUT2D eigenvalue weighted by Crippen LogP contribution is -2.56. The highest BCUT2D eigenvalue weighted by Gasteiger charge is 2.34. The summed E-state index contributed by atoms with van der Waals surface area (Å²) < 4.78 is 5.61. The molecular weight excluding hydrogens is 346 g/mol. The van der Waals surface area contributed by atoms with Crippen molar-refractivity contribution in [2.75, 3.05) is 19.7 Å². The van der Waals surface area contributed by atoms with E-state index in [2.05, 4.69) is 17.6 Å². The number of carboxylic acids is 1. The molecule has 0 unspecified atom stereocenters. The lowest BCUT2D eigenvalue weighted by molar-refractivity contribution is -0.139. The molecule has 0 spiro atoms. The molecule has 1 aromatic rings. The summed E-state index contributed by atoms with van der Waals surface area (Å²) in [4.78, 5) is 24.9. The minimum Gasteiger partial charge on any atom is -0.494 e. The monoisotopic (exact) mass is 377 g/mol. The maximum absolute atomic E-state index is 12.1. The van der Waals surface area contributed by atoms with Gasteiger partial charge in [-0.3, -0.25) is 9.69 Å². The number of nitrogens with zero attached hydrogens (tertiary/aromatic N) is 1. The number of aryl methyl sites for hydroxylation is 1. The van der Waals surface area contributed by atoms with E-state index in [0.29, 0.717) is 19.7 Å². The molecule has 1 saturated carbocycles. The fraction of sp³-hybridized carbons (Fsp3) is 0.600. The van der Waals surface area contributed by atoms with E-state index in [1.54, 1.807) is 0 Å². The zero-order chi connectivity index (χ0) is 19.8. The van der Waals surface area contributed by atoms with Gasteiger partial charge in [-0.1, -0.05) is 19.9 Å². The van der Waals surface area contributed by atoms with Gasteiger partial charge in [0.15, 0.2) is 0 Å². The Hall–Kier alpha value is -2.28. The molecule has 2 amide bonds. The van der Waals surface area contributed by atoms with Crippen LogP contribution in [-0.4, -0.2) is 53.8 Å². The van der Waals surface area contributed by atoms with Gasteiger partial charge in [-0.2, -0.15) is 0 Å². The summed E-state index contributed by atoms with van der Waals surface area (Å²) in [7, 11) is 0. The van der Waals surface area contributed by atoms with Gasteiger partial charge in [0.2, 0.25) is 0 Å². The summed E-state index contributed by atoms with van der Waals surface area (Å²) >= 11 is 0. The molecule has 3 N–H and O–H groups in total. The Morgan fingerprint density at radius 3 is 2.63 bits per heavy atom. The number of carbonyl (C=O) groups excluding carboxylic acids is 1. The second-order valence-corrected chi connectivity index (χ2v) is 7.04. The van der Waals surface area contributed by atoms with Crippen LogP contribution in [0.25, 0.3) is 0 Å². The van der Waals surface area contributed by atoms with Gasteiger partial charge in [0, 0.05) is 18.6 Å². The molecule has 2 rings (SSSR count). The first-order chi connectivity index (χ1) is 12.9. The third-order valence-corrected chi connectivity index (χ3v) is 4.94. The third kappa shape index (κ3) is 6.43. The van der Waals surface area contributed by atoms with Gasteiger partial charge in [0.1, 0.15) is 5.75 Å². The fourth-order valence-electron chi connectivity index (χ4n) is 3.26. The maximum Gasteiger partial charge on any atom is 0.317 e. The van der Waals surface area contributed by atoms with E-state index in [4.69, 9.17) is 9.84 Å². The van der Waals surface area contributed by atoms with Crippen LogP contribution < -0.4 is 15.4 Å². The molecule has 7 heteroatoms. The molecule has 7 nitrogen and oxygen atoms in total. The molecule has 0 bridgehead atoms. The number of urea groups is 1. The minimum absolute atomic E-state index is 0.0529. The Kier molecular flexibility index (Phi) is 7.91. The molecule has 1 aromatic carbocycles. The molecule has 0 atom stereocenters. The second kappa shape index (κ2) is 10.2. The van der Waals surface area contributed by atoms with Gasteiger partial charge < -0.3 is 20.5 Å². The van der Waals surface area contributed by atoms with E-state index in [1.807, 2.05) is 36.9 Å². The molecule has 0 saturated heterocycles. The Balaban J connectivity index is 1.72. The number of rotatable bonds is 10. The van der Waals surface area contributed by atoms with Crippen LogP contribution in [0.3, 0.4) is 0 Å². The molecule has 0 aromatic heterocycles. The van der Waals surface area contributed by atoms with E-state index in [9.17, 15) is 9.59 Å². The first-order valence-corrected chi connectivity index (χ1v) is 9.65. The Morgan fingerprint density at radius 2 is 2.04 bits per heavy atom. The van der Waals surface area contributed by atoms with Crippen molar-refractivity contribution >= 4 is 12.0 Å². The van der Waals surface area contributed by atoms with Gasteiger partial charge in [-0.25, -0.2) is 4.79 Å². The van der Waals surface area contributed by atoms with Crippen LogP contribution in [-0.2, 0) is 11.3 Å². The predicted molar refractivity (Wildman–Crippen MR) is 104 cm³/mol. The molecular formula is C20H31N3O4. The van der Waals surface area contributed by atoms with Crippen LogP contribution in [0.2, 0.25) is 0 Å². The number of benzene rings is 1. The fourth-order valence-corrected chi connectivity index (χ4v) is 3.26. The highest BCUT2D eigenvalue weighted by molar-refractivity contribution is 5.74. The number of hydrogen-bond acceptors (Lipinski definition) is 4. The summed E-state index contributed by atoms with van der Waals surface area (Å²) in [6.45, 7) is 7.94. The average Bonchev–Trinajstić information content (AvgIpc) is 2.60. The van der Waals surface area contributed by atoms with Gasteiger partial charge >= 0.3 is 12.0 Å². The molecule has 1 aliphatic rings. The number of hydrogen-bond donors (Lipinski definition) is 3. The predicted octanol–water partition coefficient (Wildman–Crippen LogP) is 2.52. The minimum atomic E-state index is -0.813. The first kappa shape index (κ1) is 21.0. The average molecular weight is 377 g/mol. The number of carbonyl (C=O) groups is 2. The Morgan fingerprint density at radius 1 is 1.30 bits per heavy atom. The number of likely N-dealkylation sites (N-methyl/N-ethyl adjacent to an activating group) is 1. The zero-order valence-electron chi connectivity index (χ0n) is 16.5. The van der Waals surface area contributed by atoms with Gasteiger partial charge in [-0.15, -0.1) is 0 Å². The highest BCUT2D eigenvalue weighted by Crippen LogP contribution is 2.25. The largest absolute Gasteiger partial charge is 0.494 e. The smallest absolute Gasteiger partial charge is 0.317 e. The van der Waals surface area contributed by atoms with Crippen LogP contribution in [0.1, 0.15) is 44.2 Å². The quantitative estimate of drug-likeness (QED) is 0.583. The van der Waals surface area contributed by atoms with Crippen molar-refractivity contribution in [1.82, 2.24) is 15.5 Å².